The van der Waals surface area contributed by atoms with Crippen LogP contribution in [-0.4, -0.2) is 33.8 Å². The third-order valence-corrected chi connectivity index (χ3v) is 0.927. The van der Waals surface area contributed by atoms with Crippen LogP contribution in [-0.2, 0) is 4.79 Å². The van der Waals surface area contributed by atoms with Crippen molar-refractivity contribution < 1.29 is 9.53 Å². The molecule has 0 heterocycles. The molecule has 0 spiro atoms. The van der Waals surface area contributed by atoms with Gasteiger partial charge in [0.15, 0.2) is 0 Å². The van der Waals surface area contributed by atoms with Crippen molar-refractivity contribution in [2.75, 3.05) is 0 Å². The van der Waals surface area contributed by atoms with Crippen molar-refractivity contribution in [1.82, 2.24) is 0 Å². The fraction of sp³-hybridized carbons (Fsp3) is 0. The van der Waals surface area contributed by atoms with Gasteiger partial charge in [-0.25, -0.2) is 0 Å². The van der Waals surface area contributed by atoms with Crippen LogP contribution >= 0.6 is 0 Å². The van der Waals surface area contributed by atoms with E-state index in [2.05, 4.69) is 4.74 Å². The van der Waals surface area contributed by atoms with E-state index in [4.69, 9.17) is 0 Å². The van der Waals surface area contributed by atoms with Crippen LogP contribution in [0.4, 0.5) is 0 Å². The van der Waals surface area contributed by atoms with E-state index >= 15 is 0 Å². The Morgan fingerprint density at radius 2 is 1.80 bits per heavy atom. The van der Waals surface area contributed by atoms with Gasteiger partial charge in [0.2, 0.25) is 0 Å². The molecule has 0 fully saturated rings. The summed E-state index contributed by atoms with van der Waals surface area (Å²) in [6.45, 7) is 0.412. The fourth-order valence-corrected chi connectivity index (χ4v) is 0.555. The zero-order valence-corrected chi connectivity index (χ0v) is 11.0. The molecule has 0 saturated carbocycles. The SMILES string of the molecule is O=COc1ccccc1.[PbH2]. The van der Waals surface area contributed by atoms with Gasteiger partial charge in [-0.2, -0.15) is 0 Å². The summed E-state index contributed by atoms with van der Waals surface area (Å²) in [5.74, 6) is 0.576. The van der Waals surface area contributed by atoms with Crippen LogP contribution < -0.4 is 4.74 Å². The quantitative estimate of drug-likeness (QED) is 0.576. The third-order valence-electron chi connectivity index (χ3n) is 0.927. The van der Waals surface area contributed by atoms with E-state index in [9.17, 15) is 4.79 Å². The number of rotatable bonds is 2. The van der Waals surface area contributed by atoms with Crippen molar-refractivity contribution in [2.45, 2.75) is 0 Å². The zero-order valence-electron chi connectivity index (χ0n) is 5.49. The monoisotopic (exact) mass is 332 g/mol. The van der Waals surface area contributed by atoms with Gasteiger partial charge in [-0.1, -0.05) is 18.2 Å². The Morgan fingerprint density at radius 1 is 1.20 bits per heavy atom. The first-order chi connectivity index (χ1) is 4.43. The van der Waals surface area contributed by atoms with E-state index in [0.29, 0.717) is 12.2 Å². The first-order valence-electron chi connectivity index (χ1n) is 2.59. The molecule has 10 heavy (non-hydrogen) atoms. The van der Waals surface area contributed by atoms with Crippen molar-refractivity contribution >= 4 is 33.8 Å². The van der Waals surface area contributed by atoms with Crippen LogP contribution in [0, 0.1) is 0 Å². The molecule has 0 aromatic heterocycles. The molecule has 2 nitrogen and oxygen atoms in total. The molecule has 1 aromatic rings. The molecule has 1 aromatic carbocycles. The Hall–Kier alpha value is -0.388. The topological polar surface area (TPSA) is 26.3 Å². The summed E-state index contributed by atoms with van der Waals surface area (Å²) in [5.41, 5.74) is 0. The van der Waals surface area contributed by atoms with Gasteiger partial charge in [0.1, 0.15) is 5.75 Å². The maximum absolute atomic E-state index is 9.75. The van der Waals surface area contributed by atoms with Gasteiger partial charge in [-0.05, 0) is 12.1 Å². The minimum absolute atomic E-state index is 0. The Labute approximate surface area is 79.4 Å². The van der Waals surface area contributed by atoms with E-state index in [0.717, 1.165) is 0 Å². The molecule has 2 radical (unpaired) electrons. The van der Waals surface area contributed by atoms with E-state index in [1.54, 1.807) is 24.3 Å². The van der Waals surface area contributed by atoms with Crippen LogP contribution in [0.15, 0.2) is 30.3 Å². The summed E-state index contributed by atoms with van der Waals surface area (Å²) in [5, 5.41) is 0. The Bertz CT molecular complexity index is 186. The van der Waals surface area contributed by atoms with Crippen LogP contribution in [0.2, 0.25) is 0 Å². The molecule has 0 bridgehead atoms. The van der Waals surface area contributed by atoms with Crippen LogP contribution in [0.5, 0.6) is 5.75 Å². The summed E-state index contributed by atoms with van der Waals surface area (Å²) < 4.78 is 4.53. The molecule has 0 aliphatic carbocycles. The second-order valence-corrected chi connectivity index (χ2v) is 1.53. The van der Waals surface area contributed by atoms with Crippen LogP contribution in [0.1, 0.15) is 0 Å². The number of benzene rings is 1. The van der Waals surface area contributed by atoms with Crippen LogP contribution in [0.25, 0.3) is 0 Å². The Morgan fingerprint density at radius 3 is 2.30 bits per heavy atom. The van der Waals surface area contributed by atoms with Gasteiger partial charge in [-0.15, -0.1) is 0 Å². The predicted octanol–water partition coefficient (Wildman–Crippen LogP) is 0.306. The number of carbonyl (C=O) groups excluding carboxylic acids is 1. The van der Waals surface area contributed by atoms with Crippen molar-refractivity contribution in [2.24, 2.45) is 0 Å². The second kappa shape index (κ2) is 5.40. The summed E-state index contributed by atoms with van der Waals surface area (Å²) in [4.78, 5) is 9.75. The van der Waals surface area contributed by atoms with Crippen molar-refractivity contribution in [1.29, 1.82) is 0 Å². The van der Waals surface area contributed by atoms with Gasteiger partial charge < -0.3 is 4.74 Å². The van der Waals surface area contributed by atoms with Gasteiger partial charge in [-0.3, -0.25) is 4.79 Å². The molecule has 1 rings (SSSR count). The van der Waals surface area contributed by atoms with Crippen molar-refractivity contribution in [3.63, 3.8) is 0 Å². The normalized spacial score (nSPS) is 7.60. The Balaban J connectivity index is 0.000000810. The first-order valence-corrected chi connectivity index (χ1v) is 2.59. The third kappa shape index (κ3) is 2.96. The van der Waals surface area contributed by atoms with Gasteiger partial charge in [0, 0.05) is 0 Å². The molecule has 3 heteroatoms. The molecule has 0 atom stereocenters. The molecule has 0 saturated heterocycles. The predicted molar refractivity (Wildman–Crippen MR) is 41.7 cm³/mol. The summed E-state index contributed by atoms with van der Waals surface area (Å²) >= 11 is 0. The standard InChI is InChI=1S/C7H6O2.Pb.2H/c8-6-9-7-4-2-1-3-5-7;;;/h1-6H;;;. The van der Waals surface area contributed by atoms with E-state index in [-0.39, 0.29) is 27.3 Å². The van der Waals surface area contributed by atoms with Gasteiger partial charge in [0.05, 0.1) is 0 Å². The molecule has 0 aliphatic rings. The van der Waals surface area contributed by atoms with Crippen LogP contribution in [0.3, 0.4) is 0 Å². The molecular formula is C7H8O2Pb. The number of para-hydroxylation sites is 1. The summed E-state index contributed by atoms with van der Waals surface area (Å²) in [7, 11) is 0. The van der Waals surface area contributed by atoms with Gasteiger partial charge >= 0.3 is 27.3 Å². The number of ether oxygens (including phenoxy) is 1. The summed E-state index contributed by atoms with van der Waals surface area (Å²) in [6, 6.07) is 8.90. The molecule has 52 valence electrons. The zero-order chi connectivity index (χ0) is 6.53. The number of hydrogen-bond acceptors (Lipinski definition) is 2. The molecular weight excluding hydrogens is 323 g/mol. The molecule has 0 N–H and O–H groups in total. The van der Waals surface area contributed by atoms with E-state index in [1.165, 1.54) is 0 Å². The maximum atomic E-state index is 9.75. The molecule has 0 amide bonds. The number of hydrogen-bond donors (Lipinski definition) is 0. The average Bonchev–Trinajstić information content (AvgIpc) is 1.91. The van der Waals surface area contributed by atoms with Crippen molar-refractivity contribution in [3.8, 4) is 5.75 Å². The van der Waals surface area contributed by atoms with Crippen molar-refractivity contribution in [3.05, 3.63) is 30.3 Å². The molecule has 0 unspecified atom stereocenters. The van der Waals surface area contributed by atoms with Gasteiger partial charge in [0.25, 0.3) is 6.47 Å². The Kier molecular flexibility index (Phi) is 5.19. The average molecular weight is 331 g/mol. The minimum atomic E-state index is 0. The fourth-order valence-electron chi connectivity index (χ4n) is 0.555. The first kappa shape index (κ1) is 9.61. The van der Waals surface area contributed by atoms with E-state index < -0.39 is 0 Å². The number of carbonyl (C=O) groups is 1. The molecule has 0 aliphatic heterocycles. The summed E-state index contributed by atoms with van der Waals surface area (Å²) in [6.07, 6.45) is 0. The van der Waals surface area contributed by atoms with E-state index in [1.807, 2.05) is 6.07 Å². The second-order valence-electron chi connectivity index (χ2n) is 1.53.